The molecule has 0 spiro atoms. The summed E-state index contributed by atoms with van der Waals surface area (Å²) in [5.41, 5.74) is 3.93. The second-order valence-corrected chi connectivity index (χ2v) is 6.38. The lowest BCUT2D eigenvalue weighted by molar-refractivity contribution is 0.102. The molecule has 2 aromatic carbocycles. The standard InChI is InChI=1S/C21H23NO2/c1-22(2)13-14-24-19-11-7-16(8-12-19)15-18-10-9-17-5-3-4-6-20(17)21(18)23/h3-8,11-12,15H,9-10,13-14H2,1-2H3/b18-15+. The summed E-state index contributed by atoms with van der Waals surface area (Å²) >= 11 is 0. The van der Waals surface area contributed by atoms with Crippen molar-refractivity contribution in [2.75, 3.05) is 27.2 Å². The Kier molecular flexibility index (Phi) is 5.11. The summed E-state index contributed by atoms with van der Waals surface area (Å²) in [4.78, 5) is 14.7. The zero-order valence-electron chi connectivity index (χ0n) is 14.3. The molecule has 24 heavy (non-hydrogen) atoms. The molecule has 0 heterocycles. The third kappa shape index (κ3) is 3.92. The lowest BCUT2D eigenvalue weighted by Crippen LogP contribution is -2.19. The molecule has 0 aliphatic heterocycles. The molecule has 0 fully saturated rings. The maximum absolute atomic E-state index is 12.6. The van der Waals surface area contributed by atoms with E-state index in [9.17, 15) is 4.79 Å². The van der Waals surface area contributed by atoms with Crippen LogP contribution in [0.15, 0.2) is 54.1 Å². The highest BCUT2D eigenvalue weighted by atomic mass is 16.5. The average Bonchev–Trinajstić information content (AvgIpc) is 2.59. The summed E-state index contributed by atoms with van der Waals surface area (Å²) in [7, 11) is 4.05. The highest BCUT2D eigenvalue weighted by Gasteiger charge is 2.20. The van der Waals surface area contributed by atoms with Crippen LogP contribution in [0.4, 0.5) is 0 Å². The molecule has 3 rings (SSSR count). The monoisotopic (exact) mass is 321 g/mol. The Labute approximate surface area is 143 Å². The van der Waals surface area contributed by atoms with Gasteiger partial charge in [0.15, 0.2) is 5.78 Å². The number of allylic oxidation sites excluding steroid dienone is 1. The second-order valence-electron chi connectivity index (χ2n) is 6.38. The van der Waals surface area contributed by atoms with Crippen LogP contribution in [0.1, 0.15) is 27.9 Å². The van der Waals surface area contributed by atoms with E-state index in [1.165, 1.54) is 0 Å². The minimum absolute atomic E-state index is 0.156. The highest BCUT2D eigenvalue weighted by Crippen LogP contribution is 2.26. The van der Waals surface area contributed by atoms with Gasteiger partial charge in [-0.25, -0.2) is 0 Å². The van der Waals surface area contributed by atoms with Crippen molar-refractivity contribution in [3.63, 3.8) is 0 Å². The first kappa shape index (κ1) is 16.5. The number of carbonyl (C=O) groups excluding carboxylic acids is 1. The van der Waals surface area contributed by atoms with E-state index in [1.807, 2.05) is 68.7 Å². The van der Waals surface area contributed by atoms with Crippen LogP contribution < -0.4 is 4.74 Å². The summed E-state index contributed by atoms with van der Waals surface area (Å²) in [5, 5.41) is 0. The Balaban J connectivity index is 1.69. The van der Waals surface area contributed by atoms with Crippen molar-refractivity contribution in [2.45, 2.75) is 12.8 Å². The van der Waals surface area contributed by atoms with Crippen molar-refractivity contribution >= 4 is 11.9 Å². The molecule has 0 unspecified atom stereocenters. The highest BCUT2D eigenvalue weighted by molar-refractivity contribution is 6.13. The molecule has 0 amide bonds. The molecule has 0 atom stereocenters. The van der Waals surface area contributed by atoms with Crippen LogP contribution >= 0.6 is 0 Å². The molecule has 0 saturated carbocycles. The Hall–Kier alpha value is -2.39. The van der Waals surface area contributed by atoms with E-state index in [-0.39, 0.29) is 5.78 Å². The number of hydrogen-bond donors (Lipinski definition) is 0. The van der Waals surface area contributed by atoms with E-state index < -0.39 is 0 Å². The Bertz CT molecular complexity index is 745. The fraction of sp³-hybridized carbons (Fsp3) is 0.286. The number of carbonyl (C=O) groups is 1. The lowest BCUT2D eigenvalue weighted by Gasteiger charge is -2.17. The van der Waals surface area contributed by atoms with Crippen LogP contribution in [0.25, 0.3) is 6.08 Å². The zero-order chi connectivity index (χ0) is 16.9. The number of ether oxygens (including phenoxy) is 1. The molecule has 0 N–H and O–H groups in total. The number of hydrogen-bond acceptors (Lipinski definition) is 3. The van der Waals surface area contributed by atoms with E-state index in [2.05, 4.69) is 4.90 Å². The number of likely N-dealkylation sites (N-methyl/N-ethyl adjacent to an activating group) is 1. The summed E-state index contributed by atoms with van der Waals surface area (Å²) in [6.45, 7) is 1.56. The SMILES string of the molecule is CN(C)CCOc1ccc(/C=C2\CCc3ccccc3C2=O)cc1. The number of benzene rings is 2. The van der Waals surface area contributed by atoms with Crippen molar-refractivity contribution in [3.8, 4) is 5.75 Å². The molecular weight excluding hydrogens is 298 g/mol. The van der Waals surface area contributed by atoms with Crippen molar-refractivity contribution in [1.82, 2.24) is 4.90 Å². The fourth-order valence-corrected chi connectivity index (χ4v) is 2.86. The van der Waals surface area contributed by atoms with Gasteiger partial charge < -0.3 is 9.64 Å². The minimum atomic E-state index is 0.156. The normalized spacial score (nSPS) is 15.6. The van der Waals surface area contributed by atoms with Crippen LogP contribution in [-0.2, 0) is 6.42 Å². The Morgan fingerprint density at radius 2 is 1.79 bits per heavy atom. The van der Waals surface area contributed by atoms with Gasteiger partial charge in [0.1, 0.15) is 12.4 Å². The van der Waals surface area contributed by atoms with E-state index in [1.54, 1.807) is 0 Å². The molecule has 0 aromatic heterocycles. The third-order valence-corrected chi connectivity index (χ3v) is 4.25. The lowest BCUT2D eigenvalue weighted by atomic mass is 9.86. The van der Waals surface area contributed by atoms with E-state index >= 15 is 0 Å². The molecule has 0 bridgehead atoms. The summed E-state index contributed by atoms with van der Waals surface area (Å²) < 4.78 is 5.70. The van der Waals surface area contributed by atoms with Crippen LogP contribution in [-0.4, -0.2) is 37.9 Å². The largest absolute Gasteiger partial charge is 0.492 e. The molecular formula is C21H23NO2. The van der Waals surface area contributed by atoms with Crippen LogP contribution in [0.2, 0.25) is 0 Å². The van der Waals surface area contributed by atoms with Crippen LogP contribution in [0, 0.1) is 0 Å². The summed E-state index contributed by atoms with van der Waals surface area (Å²) in [6, 6.07) is 15.8. The maximum Gasteiger partial charge on any atom is 0.189 e. The van der Waals surface area contributed by atoms with E-state index in [0.717, 1.165) is 47.4 Å². The Morgan fingerprint density at radius 1 is 1.04 bits per heavy atom. The molecule has 3 heteroatoms. The number of ketones is 1. The summed E-state index contributed by atoms with van der Waals surface area (Å²) in [6.07, 6.45) is 3.73. The second kappa shape index (κ2) is 7.45. The molecule has 1 aliphatic rings. The van der Waals surface area contributed by atoms with Gasteiger partial charge in [-0.05, 0) is 56.3 Å². The van der Waals surface area contributed by atoms with Crippen LogP contribution in [0.5, 0.6) is 5.75 Å². The van der Waals surface area contributed by atoms with Gasteiger partial charge in [0.2, 0.25) is 0 Å². The maximum atomic E-state index is 12.6. The molecule has 124 valence electrons. The van der Waals surface area contributed by atoms with Gasteiger partial charge in [0.25, 0.3) is 0 Å². The molecule has 0 radical (unpaired) electrons. The number of rotatable bonds is 5. The van der Waals surface area contributed by atoms with Crippen molar-refractivity contribution < 1.29 is 9.53 Å². The van der Waals surface area contributed by atoms with Crippen molar-refractivity contribution in [1.29, 1.82) is 0 Å². The predicted octanol–water partition coefficient (Wildman–Crippen LogP) is 3.84. The zero-order valence-corrected chi connectivity index (χ0v) is 14.3. The summed E-state index contributed by atoms with van der Waals surface area (Å²) in [5.74, 6) is 1.02. The first-order valence-corrected chi connectivity index (χ1v) is 8.34. The predicted molar refractivity (Wildman–Crippen MR) is 97.6 cm³/mol. The Morgan fingerprint density at radius 3 is 2.54 bits per heavy atom. The van der Waals surface area contributed by atoms with Crippen molar-refractivity contribution in [3.05, 3.63) is 70.8 Å². The number of aryl methyl sites for hydroxylation is 1. The minimum Gasteiger partial charge on any atom is -0.492 e. The number of nitrogens with zero attached hydrogens (tertiary/aromatic N) is 1. The fourth-order valence-electron chi connectivity index (χ4n) is 2.86. The van der Waals surface area contributed by atoms with Gasteiger partial charge in [0, 0.05) is 17.7 Å². The first-order chi connectivity index (χ1) is 11.6. The molecule has 1 aliphatic carbocycles. The number of fused-ring (bicyclic) bond motifs is 1. The molecule has 3 nitrogen and oxygen atoms in total. The first-order valence-electron chi connectivity index (χ1n) is 8.34. The van der Waals surface area contributed by atoms with E-state index in [4.69, 9.17) is 4.74 Å². The van der Waals surface area contributed by atoms with Gasteiger partial charge in [0.05, 0.1) is 0 Å². The topological polar surface area (TPSA) is 29.5 Å². The quantitative estimate of drug-likeness (QED) is 0.784. The van der Waals surface area contributed by atoms with Crippen molar-refractivity contribution in [2.24, 2.45) is 0 Å². The smallest absolute Gasteiger partial charge is 0.189 e. The van der Waals surface area contributed by atoms with Gasteiger partial charge in [-0.15, -0.1) is 0 Å². The van der Waals surface area contributed by atoms with Gasteiger partial charge >= 0.3 is 0 Å². The molecule has 0 saturated heterocycles. The van der Waals surface area contributed by atoms with Gasteiger partial charge in [-0.1, -0.05) is 36.4 Å². The van der Waals surface area contributed by atoms with E-state index in [0.29, 0.717) is 6.61 Å². The van der Waals surface area contributed by atoms with Crippen LogP contribution in [0.3, 0.4) is 0 Å². The number of Topliss-reactive ketones (excluding diaryl/α,β-unsaturated/α-hetero) is 1. The molecule has 2 aromatic rings. The van der Waals surface area contributed by atoms with Gasteiger partial charge in [-0.3, -0.25) is 4.79 Å². The average molecular weight is 321 g/mol. The third-order valence-electron chi connectivity index (χ3n) is 4.25. The van der Waals surface area contributed by atoms with Gasteiger partial charge in [-0.2, -0.15) is 0 Å².